The van der Waals surface area contributed by atoms with Gasteiger partial charge in [-0.3, -0.25) is 9.59 Å². The van der Waals surface area contributed by atoms with Crippen LogP contribution in [0.1, 0.15) is 19.3 Å². The Hall–Kier alpha value is -1.14. The summed E-state index contributed by atoms with van der Waals surface area (Å²) in [6, 6.07) is 0. The predicted molar refractivity (Wildman–Crippen MR) is 61.5 cm³/mol. The van der Waals surface area contributed by atoms with Crippen LogP contribution in [0, 0.1) is 0 Å². The number of hydrogen-bond donors (Lipinski definition) is 2. The zero-order valence-corrected chi connectivity index (χ0v) is 10.2. The highest BCUT2D eigenvalue weighted by atomic mass is 16.5. The van der Waals surface area contributed by atoms with Gasteiger partial charge >= 0.3 is 11.8 Å². The molecule has 0 aromatic heterocycles. The van der Waals surface area contributed by atoms with Gasteiger partial charge in [0, 0.05) is 33.4 Å². The lowest BCUT2D eigenvalue weighted by Gasteiger charge is -2.10. The van der Waals surface area contributed by atoms with Gasteiger partial charge in [0.05, 0.1) is 6.10 Å². The molecule has 0 bridgehead atoms. The molecular formula is C11H20N2O4. The molecule has 1 aliphatic rings. The minimum absolute atomic E-state index is 0.0558. The van der Waals surface area contributed by atoms with E-state index in [4.69, 9.17) is 9.47 Å². The third-order valence-electron chi connectivity index (χ3n) is 2.53. The molecule has 98 valence electrons. The molecule has 2 amide bonds. The number of ether oxygens (including phenoxy) is 2. The van der Waals surface area contributed by atoms with Gasteiger partial charge in [0.25, 0.3) is 0 Å². The van der Waals surface area contributed by atoms with Crippen LogP contribution >= 0.6 is 0 Å². The van der Waals surface area contributed by atoms with Crippen LogP contribution in [0.4, 0.5) is 0 Å². The van der Waals surface area contributed by atoms with Crippen molar-refractivity contribution in [2.24, 2.45) is 0 Å². The predicted octanol–water partition coefficient (Wildman–Crippen LogP) is -0.566. The van der Waals surface area contributed by atoms with Crippen molar-refractivity contribution in [3.05, 3.63) is 0 Å². The standard InChI is InChI=1S/C11H20N2O4/c1-16-6-3-5-12-10(14)11(15)13-8-9-4-2-7-17-9/h9H,2-8H2,1H3,(H,12,14)(H,13,15)/t9-/m1/s1. The summed E-state index contributed by atoms with van der Waals surface area (Å²) < 4.78 is 10.2. The highest BCUT2D eigenvalue weighted by Crippen LogP contribution is 2.10. The Labute approximate surface area is 101 Å². The fraction of sp³-hybridized carbons (Fsp3) is 0.818. The SMILES string of the molecule is COCCCNC(=O)C(=O)NC[C@H]1CCCO1. The maximum Gasteiger partial charge on any atom is 0.309 e. The van der Waals surface area contributed by atoms with Crippen molar-refractivity contribution in [2.75, 3.05) is 33.4 Å². The van der Waals surface area contributed by atoms with E-state index < -0.39 is 11.8 Å². The van der Waals surface area contributed by atoms with Crippen molar-refractivity contribution in [1.82, 2.24) is 10.6 Å². The number of rotatable bonds is 6. The minimum Gasteiger partial charge on any atom is -0.385 e. The molecule has 0 saturated carbocycles. The van der Waals surface area contributed by atoms with Crippen molar-refractivity contribution in [1.29, 1.82) is 0 Å². The molecule has 1 heterocycles. The quantitative estimate of drug-likeness (QED) is 0.485. The van der Waals surface area contributed by atoms with Crippen molar-refractivity contribution in [2.45, 2.75) is 25.4 Å². The molecule has 17 heavy (non-hydrogen) atoms. The largest absolute Gasteiger partial charge is 0.385 e. The second-order valence-electron chi connectivity index (χ2n) is 3.95. The Kier molecular flexibility index (Phi) is 6.57. The van der Waals surface area contributed by atoms with Crippen molar-refractivity contribution < 1.29 is 19.1 Å². The van der Waals surface area contributed by atoms with Crippen LogP contribution in [-0.4, -0.2) is 51.3 Å². The average molecular weight is 244 g/mol. The number of amides is 2. The number of methoxy groups -OCH3 is 1. The molecule has 1 fully saturated rings. The third kappa shape index (κ3) is 5.65. The summed E-state index contributed by atoms with van der Waals surface area (Å²) in [5, 5.41) is 5.08. The Balaban J connectivity index is 2.07. The second kappa shape index (κ2) is 8.03. The van der Waals surface area contributed by atoms with Crippen molar-refractivity contribution in [3.63, 3.8) is 0 Å². The van der Waals surface area contributed by atoms with E-state index in [0.29, 0.717) is 26.1 Å². The van der Waals surface area contributed by atoms with Crippen LogP contribution in [0.2, 0.25) is 0 Å². The van der Waals surface area contributed by atoms with Crippen LogP contribution in [0.5, 0.6) is 0 Å². The highest BCUT2D eigenvalue weighted by molar-refractivity contribution is 6.35. The molecular weight excluding hydrogens is 224 g/mol. The van der Waals surface area contributed by atoms with E-state index >= 15 is 0 Å². The molecule has 1 atom stereocenters. The maximum atomic E-state index is 11.4. The highest BCUT2D eigenvalue weighted by Gasteiger charge is 2.18. The van der Waals surface area contributed by atoms with E-state index in [-0.39, 0.29) is 6.10 Å². The van der Waals surface area contributed by atoms with Gasteiger partial charge in [-0.15, -0.1) is 0 Å². The first-order valence-corrected chi connectivity index (χ1v) is 5.90. The van der Waals surface area contributed by atoms with Gasteiger partial charge in [-0.1, -0.05) is 0 Å². The second-order valence-corrected chi connectivity index (χ2v) is 3.95. The Morgan fingerprint density at radius 3 is 2.76 bits per heavy atom. The number of nitrogens with one attached hydrogen (secondary N) is 2. The molecule has 0 aliphatic carbocycles. The van der Waals surface area contributed by atoms with Gasteiger partial charge in [-0.2, -0.15) is 0 Å². The van der Waals surface area contributed by atoms with Crippen LogP contribution in [0.25, 0.3) is 0 Å². The van der Waals surface area contributed by atoms with Gasteiger partial charge in [-0.05, 0) is 19.3 Å². The van der Waals surface area contributed by atoms with Crippen LogP contribution in [-0.2, 0) is 19.1 Å². The number of carbonyl (C=O) groups is 2. The molecule has 6 heteroatoms. The summed E-state index contributed by atoms with van der Waals surface area (Å²) in [6.07, 6.45) is 2.71. The number of hydrogen-bond acceptors (Lipinski definition) is 4. The Morgan fingerprint density at radius 1 is 1.35 bits per heavy atom. The van der Waals surface area contributed by atoms with Crippen LogP contribution in [0.3, 0.4) is 0 Å². The fourth-order valence-corrected chi connectivity index (χ4v) is 1.59. The van der Waals surface area contributed by atoms with Crippen molar-refractivity contribution in [3.8, 4) is 0 Å². The summed E-state index contributed by atoms with van der Waals surface area (Å²) in [6.45, 7) is 2.16. The van der Waals surface area contributed by atoms with Gasteiger partial charge in [0.1, 0.15) is 0 Å². The monoisotopic (exact) mass is 244 g/mol. The average Bonchev–Trinajstić information content (AvgIpc) is 2.84. The first-order valence-electron chi connectivity index (χ1n) is 5.90. The molecule has 2 N–H and O–H groups in total. The molecule has 0 spiro atoms. The van der Waals surface area contributed by atoms with Gasteiger partial charge in [0.15, 0.2) is 0 Å². The molecule has 1 rings (SSSR count). The lowest BCUT2D eigenvalue weighted by atomic mass is 10.2. The first-order chi connectivity index (χ1) is 8.24. The molecule has 1 aliphatic heterocycles. The third-order valence-corrected chi connectivity index (χ3v) is 2.53. The zero-order valence-electron chi connectivity index (χ0n) is 10.2. The van der Waals surface area contributed by atoms with E-state index in [1.807, 2.05) is 0 Å². The lowest BCUT2D eigenvalue weighted by Crippen LogP contribution is -2.43. The van der Waals surface area contributed by atoms with E-state index in [1.54, 1.807) is 7.11 Å². The first kappa shape index (κ1) is 13.9. The molecule has 0 radical (unpaired) electrons. The van der Waals surface area contributed by atoms with E-state index in [2.05, 4.69) is 10.6 Å². The van der Waals surface area contributed by atoms with Crippen molar-refractivity contribution >= 4 is 11.8 Å². The molecule has 0 aromatic carbocycles. The van der Waals surface area contributed by atoms with Crippen LogP contribution in [0.15, 0.2) is 0 Å². The van der Waals surface area contributed by atoms with Crippen LogP contribution < -0.4 is 10.6 Å². The fourth-order valence-electron chi connectivity index (χ4n) is 1.59. The van der Waals surface area contributed by atoms with E-state index in [0.717, 1.165) is 19.4 Å². The smallest absolute Gasteiger partial charge is 0.309 e. The maximum absolute atomic E-state index is 11.4. The van der Waals surface area contributed by atoms with E-state index in [9.17, 15) is 9.59 Å². The summed E-state index contributed by atoms with van der Waals surface area (Å²) in [7, 11) is 1.59. The van der Waals surface area contributed by atoms with Gasteiger partial charge < -0.3 is 20.1 Å². The van der Waals surface area contributed by atoms with E-state index in [1.165, 1.54) is 0 Å². The normalized spacial score (nSPS) is 19.0. The summed E-state index contributed by atoms with van der Waals surface area (Å²) in [5.41, 5.74) is 0. The zero-order chi connectivity index (χ0) is 12.5. The van der Waals surface area contributed by atoms with Gasteiger partial charge in [0.2, 0.25) is 0 Å². The molecule has 0 aromatic rings. The Bertz CT molecular complexity index is 252. The molecule has 0 unspecified atom stereocenters. The summed E-state index contributed by atoms with van der Waals surface area (Å²) in [5.74, 6) is -1.20. The minimum atomic E-state index is -0.599. The molecule has 6 nitrogen and oxygen atoms in total. The van der Waals surface area contributed by atoms with Gasteiger partial charge in [-0.25, -0.2) is 0 Å². The Morgan fingerprint density at radius 2 is 2.12 bits per heavy atom. The number of carbonyl (C=O) groups excluding carboxylic acids is 2. The summed E-state index contributed by atoms with van der Waals surface area (Å²) in [4.78, 5) is 22.7. The lowest BCUT2D eigenvalue weighted by molar-refractivity contribution is -0.139. The molecule has 1 saturated heterocycles. The summed E-state index contributed by atoms with van der Waals surface area (Å²) >= 11 is 0. The topological polar surface area (TPSA) is 76.7 Å².